The highest BCUT2D eigenvalue weighted by molar-refractivity contribution is 5.86. The Labute approximate surface area is 104 Å². The molecule has 98 valence electrons. The zero-order valence-electron chi connectivity index (χ0n) is 9.96. The van der Waals surface area contributed by atoms with Gasteiger partial charge >= 0.3 is 5.97 Å². The first kappa shape index (κ1) is 14.0. The highest BCUT2D eigenvalue weighted by atomic mass is 16.4. The minimum absolute atomic E-state index is 0.0511. The molecule has 6 heteroatoms. The third-order valence-electron chi connectivity index (χ3n) is 2.38. The predicted molar refractivity (Wildman–Crippen MR) is 65.0 cm³/mol. The lowest BCUT2D eigenvalue weighted by atomic mass is 10.1. The van der Waals surface area contributed by atoms with Gasteiger partial charge in [0.15, 0.2) is 0 Å². The quantitative estimate of drug-likeness (QED) is 0.582. The normalized spacial score (nSPS) is 13.7. The first-order valence-corrected chi connectivity index (χ1v) is 5.47. The molecule has 0 bridgehead atoms. The Morgan fingerprint density at radius 2 is 2.11 bits per heavy atom. The number of carbonyl (C=O) groups is 2. The van der Waals surface area contributed by atoms with Crippen molar-refractivity contribution in [2.75, 3.05) is 0 Å². The van der Waals surface area contributed by atoms with Crippen LogP contribution < -0.4 is 11.1 Å². The molecular formula is C12H16N2O4. The molecule has 0 aromatic heterocycles. The van der Waals surface area contributed by atoms with Crippen LogP contribution in [0.1, 0.15) is 12.5 Å². The average molecular weight is 252 g/mol. The molecule has 0 aliphatic carbocycles. The number of aromatic hydroxyl groups is 1. The molecule has 0 heterocycles. The number of rotatable bonds is 5. The largest absolute Gasteiger partial charge is 0.508 e. The van der Waals surface area contributed by atoms with Gasteiger partial charge in [-0.25, -0.2) is 4.79 Å². The molecule has 1 rings (SSSR count). The van der Waals surface area contributed by atoms with E-state index >= 15 is 0 Å². The van der Waals surface area contributed by atoms with E-state index < -0.39 is 24.0 Å². The Bertz CT molecular complexity index is 445. The fraction of sp³-hybridized carbons (Fsp3) is 0.333. The van der Waals surface area contributed by atoms with Gasteiger partial charge in [-0.05, 0) is 24.6 Å². The second-order valence-corrected chi connectivity index (χ2v) is 4.06. The summed E-state index contributed by atoms with van der Waals surface area (Å²) >= 11 is 0. The third kappa shape index (κ3) is 4.06. The SMILES string of the molecule is CC(N)C(=O)NC(Cc1cccc(O)c1)C(=O)O. The van der Waals surface area contributed by atoms with Crippen LogP contribution in [0, 0.1) is 0 Å². The van der Waals surface area contributed by atoms with Crippen molar-refractivity contribution in [3.63, 3.8) is 0 Å². The van der Waals surface area contributed by atoms with Crippen LogP contribution in [0.15, 0.2) is 24.3 Å². The summed E-state index contributed by atoms with van der Waals surface area (Å²) in [5.74, 6) is -1.62. The highest BCUT2D eigenvalue weighted by Gasteiger charge is 2.21. The Morgan fingerprint density at radius 1 is 1.44 bits per heavy atom. The molecule has 5 N–H and O–H groups in total. The van der Waals surface area contributed by atoms with Crippen LogP contribution in [0.5, 0.6) is 5.75 Å². The van der Waals surface area contributed by atoms with Crippen LogP contribution in [0.2, 0.25) is 0 Å². The Morgan fingerprint density at radius 3 is 2.61 bits per heavy atom. The molecule has 0 saturated heterocycles. The maximum absolute atomic E-state index is 11.4. The van der Waals surface area contributed by atoms with Crippen LogP contribution in [0.4, 0.5) is 0 Å². The van der Waals surface area contributed by atoms with Gasteiger partial charge in [0.25, 0.3) is 0 Å². The number of phenolic OH excluding ortho intramolecular Hbond substituents is 1. The van der Waals surface area contributed by atoms with Gasteiger partial charge in [-0.3, -0.25) is 4.79 Å². The minimum Gasteiger partial charge on any atom is -0.508 e. The maximum Gasteiger partial charge on any atom is 0.326 e. The minimum atomic E-state index is -1.15. The number of carboxylic acid groups (broad SMARTS) is 1. The van der Waals surface area contributed by atoms with E-state index in [4.69, 9.17) is 10.8 Å². The van der Waals surface area contributed by atoms with E-state index in [1.807, 2.05) is 0 Å². The second-order valence-electron chi connectivity index (χ2n) is 4.06. The summed E-state index contributed by atoms with van der Waals surface area (Å²) in [6.07, 6.45) is 0.0855. The highest BCUT2D eigenvalue weighted by Crippen LogP contribution is 2.12. The molecule has 2 atom stereocenters. The molecule has 6 nitrogen and oxygen atoms in total. The smallest absolute Gasteiger partial charge is 0.326 e. The summed E-state index contributed by atoms with van der Waals surface area (Å²) in [6, 6.07) is 4.39. The molecule has 1 aromatic rings. The predicted octanol–water partition coefficient (Wildman–Crippen LogP) is -0.149. The van der Waals surface area contributed by atoms with E-state index in [9.17, 15) is 14.7 Å². The number of carbonyl (C=O) groups excluding carboxylic acids is 1. The Hall–Kier alpha value is -2.08. The summed E-state index contributed by atoms with van der Waals surface area (Å²) in [5.41, 5.74) is 5.97. The van der Waals surface area contributed by atoms with Crippen LogP contribution >= 0.6 is 0 Å². The van der Waals surface area contributed by atoms with Crippen molar-refractivity contribution >= 4 is 11.9 Å². The summed E-state index contributed by atoms with van der Waals surface area (Å²) in [6.45, 7) is 1.47. The van der Waals surface area contributed by atoms with E-state index in [1.165, 1.54) is 19.1 Å². The number of carboxylic acids is 1. The lowest BCUT2D eigenvalue weighted by molar-refractivity contribution is -0.141. The van der Waals surface area contributed by atoms with E-state index in [2.05, 4.69) is 5.32 Å². The van der Waals surface area contributed by atoms with Crippen LogP contribution in [-0.2, 0) is 16.0 Å². The topological polar surface area (TPSA) is 113 Å². The van der Waals surface area contributed by atoms with Crippen molar-refractivity contribution in [2.24, 2.45) is 5.73 Å². The first-order valence-electron chi connectivity index (χ1n) is 5.47. The molecule has 1 aromatic carbocycles. The summed E-state index contributed by atoms with van der Waals surface area (Å²) in [4.78, 5) is 22.4. The molecule has 0 spiro atoms. The molecular weight excluding hydrogens is 236 g/mol. The lowest BCUT2D eigenvalue weighted by Crippen LogP contribution is -2.48. The lowest BCUT2D eigenvalue weighted by Gasteiger charge is -2.16. The first-order chi connectivity index (χ1) is 8.40. The van der Waals surface area contributed by atoms with E-state index in [1.54, 1.807) is 12.1 Å². The van der Waals surface area contributed by atoms with Crippen molar-refractivity contribution < 1.29 is 19.8 Å². The Kier molecular flexibility index (Phi) is 4.67. The summed E-state index contributed by atoms with van der Waals surface area (Å²) in [5, 5.41) is 20.6. The fourth-order valence-electron chi connectivity index (χ4n) is 1.42. The summed E-state index contributed by atoms with van der Waals surface area (Å²) < 4.78 is 0. The van der Waals surface area contributed by atoms with Crippen LogP contribution in [0.25, 0.3) is 0 Å². The van der Waals surface area contributed by atoms with Gasteiger partial charge in [0.2, 0.25) is 5.91 Å². The number of aliphatic carboxylic acids is 1. The van der Waals surface area contributed by atoms with Gasteiger partial charge < -0.3 is 21.3 Å². The third-order valence-corrected chi connectivity index (χ3v) is 2.38. The summed E-state index contributed by atoms with van der Waals surface area (Å²) in [7, 11) is 0. The van der Waals surface area contributed by atoms with Crippen LogP contribution in [-0.4, -0.2) is 34.2 Å². The van der Waals surface area contributed by atoms with Gasteiger partial charge in [-0.15, -0.1) is 0 Å². The molecule has 1 amide bonds. The van der Waals surface area contributed by atoms with Gasteiger partial charge in [-0.1, -0.05) is 12.1 Å². The van der Waals surface area contributed by atoms with Crippen molar-refractivity contribution in [3.8, 4) is 5.75 Å². The maximum atomic E-state index is 11.4. The number of hydrogen-bond donors (Lipinski definition) is 4. The Balaban J connectivity index is 2.75. The van der Waals surface area contributed by atoms with Crippen LogP contribution in [0.3, 0.4) is 0 Å². The van der Waals surface area contributed by atoms with Gasteiger partial charge in [0.05, 0.1) is 6.04 Å². The van der Waals surface area contributed by atoms with Gasteiger partial charge in [0.1, 0.15) is 11.8 Å². The molecule has 18 heavy (non-hydrogen) atoms. The van der Waals surface area contributed by atoms with E-state index in [-0.39, 0.29) is 12.2 Å². The molecule has 0 saturated carbocycles. The monoisotopic (exact) mass is 252 g/mol. The number of benzene rings is 1. The number of phenols is 1. The standard InChI is InChI=1S/C12H16N2O4/c1-7(13)11(16)14-10(12(17)18)6-8-3-2-4-9(15)5-8/h2-5,7,10,15H,6,13H2,1H3,(H,14,16)(H,17,18). The zero-order valence-corrected chi connectivity index (χ0v) is 9.96. The number of amides is 1. The van der Waals surface area contributed by atoms with Crippen molar-refractivity contribution in [1.29, 1.82) is 0 Å². The van der Waals surface area contributed by atoms with E-state index in [0.29, 0.717) is 5.56 Å². The molecule has 0 aliphatic rings. The zero-order chi connectivity index (χ0) is 13.7. The van der Waals surface area contributed by atoms with Gasteiger partial charge in [0, 0.05) is 6.42 Å². The van der Waals surface area contributed by atoms with Crippen molar-refractivity contribution in [2.45, 2.75) is 25.4 Å². The second kappa shape index (κ2) is 6.02. The molecule has 0 aliphatic heterocycles. The van der Waals surface area contributed by atoms with Crippen molar-refractivity contribution in [1.82, 2.24) is 5.32 Å². The van der Waals surface area contributed by atoms with Crippen molar-refractivity contribution in [3.05, 3.63) is 29.8 Å². The van der Waals surface area contributed by atoms with Gasteiger partial charge in [-0.2, -0.15) is 0 Å². The number of nitrogens with one attached hydrogen (secondary N) is 1. The van der Waals surface area contributed by atoms with E-state index in [0.717, 1.165) is 0 Å². The fourth-order valence-corrected chi connectivity index (χ4v) is 1.42. The molecule has 2 unspecified atom stereocenters. The number of nitrogens with two attached hydrogens (primary N) is 1. The number of hydrogen-bond acceptors (Lipinski definition) is 4. The molecule has 0 fully saturated rings. The molecule has 0 radical (unpaired) electrons. The average Bonchev–Trinajstić information content (AvgIpc) is 2.27.